The Labute approximate surface area is 99.1 Å². The molecule has 0 amide bonds. The van der Waals surface area contributed by atoms with Crippen LogP contribution in [0.2, 0.25) is 0 Å². The second kappa shape index (κ2) is 5.09. The summed E-state index contributed by atoms with van der Waals surface area (Å²) in [6.07, 6.45) is 0. The van der Waals surface area contributed by atoms with Crippen LogP contribution in [0.15, 0.2) is 29.2 Å². The summed E-state index contributed by atoms with van der Waals surface area (Å²) >= 11 is 3.29. The van der Waals surface area contributed by atoms with Gasteiger partial charge in [-0.15, -0.1) is 0 Å². The molecule has 1 atom stereocenters. The van der Waals surface area contributed by atoms with Crippen molar-refractivity contribution in [2.24, 2.45) is 0 Å². The third kappa shape index (κ3) is 3.93. The highest BCUT2D eigenvalue weighted by atomic mass is 79.9. The zero-order valence-electron chi connectivity index (χ0n) is 8.70. The van der Waals surface area contributed by atoms with Gasteiger partial charge in [0.15, 0.2) is 0 Å². The highest BCUT2D eigenvalue weighted by Gasteiger charge is 2.13. The average Bonchev–Trinajstić information content (AvgIpc) is 2.15. The Kier molecular flexibility index (Phi) is 4.31. The highest BCUT2D eigenvalue weighted by Crippen LogP contribution is 2.10. The molecule has 84 valence electrons. The molecular weight excluding hydrogens is 278 g/mol. The molecule has 0 heterocycles. The number of hydrogen-bond acceptors (Lipinski definition) is 2. The lowest BCUT2D eigenvalue weighted by Crippen LogP contribution is -2.28. The van der Waals surface area contributed by atoms with Crippen LogP contribution in [0, 0.1) is 6.92 Å². The van der Waals surface area contributed by atoms with Gasteiger partial charge in [0.1, 0.15) is 0 Å². The number of aryl methyl sites for hydroxylation is 1. The van der Waals surface area contributed by atoms with Crippen molar-refractivity contribution in [1.29, 1.82) is 0 Å². The molecule has 5 heteroatoms. The monoisotopic (exact) mass is 291 g/mol. The van der Waals surface area contributed by atoms with Crippen molar-refractivity contribution in [3.05, 3.63) is 29.8 Å². The molecule has 0 aliphatic carbocycles. The molecule has 0 radical (unpaired) electrons. The van der Waals surface area contributed by atoms with Crippen molar-refractivity contribution in [2.75, 3.05) is 6.54 Å². The molecule has 3 nitrogen and oxygen atoms in total. The molecule has 0 aromatic heterocycles. The van der Waals surface area contributed by atoms with E-state index < -0.39 is 10.0 Å². The number of hydrogen-bond donors (Lipinski definition) is 1. The van der Waals surface area contributed by atoms with E-state index in [1.807, 2.05) is 19.9 Å². The van der Waals surface area contributed by atoms with Crippen LogP contribution in [0.4, 0.5) is 0 Å². The Bertz CT molecular complexity index is 429. The van der Waals surface area contributed by atoms with Gasteiger partial charge in [-0.05, 0) is 24.6 Å². The lowest BCUT2D eigenvalue weighted by molar-refractivity contribution is 0.581. The maximum atomic E-state index is 11.8. The minimum absolute atomic E-state index is 0.122. The number of alkyl halides is 1. The van der Waals surface area contributed by atoms with Crippen molar-refractivity contribution in [2.45, 2.75) is 23.6 Å². The Morgan fingerprint density at radius 1 is 1.47 bits per heavy atom. The van der Waals surface area contributed by atoms with Crippen LogP contribution in [-0.2, 0) is 10.0 Å². The van der Waals surface area contributed by atoms with Crippen molar-refractivity contribution in [3.63, 3.8) is 0 Å². The predicted octanol–water partition coefficient (Wildman–Crippen LogP) is 2.06. The van der Waals surface area contributed by atoms with Crippen molar-refractivity contribution < 1.29 is 8.42 Å². The molecule has 15 heavy (non-hydrogen) atoms. The molecule has 0 saturated heterocycles. The molecule has 0 aliphatic rings. The lowest BCUT2D eigenvalue weighted by atomic mass is 10.2. The summed E-state index contributed by atoms with van der Waals surface area (Å²) < 4.78 is 26.0. The molecule has 1 unspecified atom stereocenters. The molecule has 0 saturated carbocycles. The first-order chi connectivity index (χ1) is 6.92. The molecule has 1 aromatic rings. The third-order valence-electron chi connectivity index (χ3n) is 1.85. The van der Waals surface area contributed by atoms with Gasteiger partial charge in [-0.1, -0.05) is 35.0 Å². The summed E-state index contributed by atoms with van der Waals surface area (Å²) in [4.78, 5) is 0.438. The average molecular weight is 292 g/mol. The minimum Gasteiger partial charge on any atom is -0.210 e. The van der Waals surface area contributed by atoms with Gasteiger partial charge in [0.25, 0.3) is 0 Å². The van der Waals surface area contributed by atoms with E-state index in [1.165, 1.54) is 0 Å². The van der Waals surface area contributed by atoms with Crippen molar-refractivity contribution in [1.82, 2.24) is 4.72 Å². The van der Waals surface area contributed by atoms with Gasteiger partial charge in [-0.2, -0.15) is 0 Å². The fourth-order valence-corrected chi connectivity index (χ4v) is 2.70. The molecule has 1 rings (SSSR count). The standard InChI is InChI=1S/C10H14BrNO2S/c1-8-4-3-5-10(6-8)15(13,14)12-7-9(2)11/h3-6,9,12H,7H2,1-2H3. The van der Waals surface area contributed by atoms with E-state index >= 15 is 0 Å². The van der Waals surface area contributed by atoms with Gasteiger partial charge in [0, 0.05) is 11.4 Å². The lowest BCUT2D eigenvalue weighted by Gasteiger charge is -2.08. The first-order valence-electron chi connectivity index (χ1n) is 4.62. The van der Waals surface area contributed by atoms with Gasteiger partial charge >= 0.3 is 0 Å². The zero-order valence-corrected chi connectivity index (χ0v) is 11.1. The van der Waals surface area contributed by atoms with Crippen LogP contribution in [0.1, 0.15) is 12.5 Å². The highest BCUT2D eigenvalue weighted by molar-refractivity contribution is 9.09. The van der Waals surface area contributed by atoms with Gasteiger partial charge in [0.2, 0.25) is 10.0 Å². The van der Waals surface area contributed by atoms with Crippen LogP contribution in [-0.4, -0.2) is 19.8 Å². The van der Waals surface area contributed by atoms with E-state index in [1.54, 1.807) is 18.2 Å². The number of nitrogens with one attached hydrogen (secondary N) is 1. The predicted molar refractivity (Wildman–Crippen MR) is 64.8 cm³/mol. The number of sulfonamides is 1. The van der Waals surface area contributed by atoms with Crippen molar-refractivity contribution in [3.8, 4) is 0 Å². The van der Waals surface area contributed by atoms with Gasteiger partial charge in [-0.25, -0.2) is 13.1 Å². The molecule has 0 bridgehead atoms. The van der Waals surface area contributed by atoms with Crippen LogP contribution in [0.5, 0.6) is 0 Å². The van der Waals surface area contributed by atoms with E-state index in [4.69, 9.17) is 0 Å². The van der Waals surface area contributed by atoms with Crippen LogP contribution >= 0.6 is 15.9 Å². The Morgan fingerprint density at radius 2 is 2.13 bits per heavy atom. The van der Waals surface area contributed by atoms with Gasteiger partial charge in [0.05, 0.1) is 4.90 Å². The molecule has 1 N–H and O–H groups in total. The second-order valence-corrected chi connectivity index (χ2v) is 6.78. The largest absolute Gasteiger partial charge is 0.240 e. The first kappa shape index (κ1) is 12.7. The molecule has 1 aromatic carbocycles. The smallest absolute Gasteiger partial charge is 0.210 e. The summed E-state index contributed by atoms with van der Waals surface area (Å²) in [5.41, 5.74) is 0.935. The molecule has 0 fully saturated rings. The van der Waals surface area contributed by atoms with Crippen molar-refractivity contribution >= 4 is 26.0 Å². The van der Waals surface area contributed by atoms with E-state index in [9.17, 15) is 8.42 Å². The maximum Gasteiger partial charge on any atom is 0.240 e. The molecular formula is C10H14BrNO2S. The normalized spacial score (nSPS) is 13.8. The van der Waals surface area contributed by atoms with Crippen LogP contribution in [0.3, 0.4) is 0 Å². The molecule has 0 spiro atoms. The quantitative estimate of drug-likeness (QED) is 0.863. The third-order valence-corrected chi connectivity index (χ3v) is 3.60. The minimum atomic E-state index is -3.36. The fourth-order valence-electron chi connectivity index (χ4n) is 1.09. The summed E-state index contributed by atoms with van der Waals surface area (Å²) in [5, 5.41) is 0. The van der Waals surface area contributed by atoms with Gasteiger partial charge < -0.3 is 0 Å². The fraction of sp³-hybridized carbons (Fsp3) is 0.400. The Balaban J connectivity index is 2.87. The van der Waals surface area contributed by atoms with Gasteiger partial charge in [-0.3, -0.25) is 0 Å². The summed E-state index contributed by atoms with van der Waals surface area (Å²) in [5.74, 6) is 0. The number of benzene rings is 1. The Hall–Kier alpha value is -0.390. The number of halogens is 1. The maximum absolute atomic E-state index is 11.8. The summed E-state index contributed by atoms with van der Waals surface area (Å²) in [6, 6.07) is 6.85. The molecule has 0 aliphatic heterocycles. The topological polar surface area (TPSA) is 46.2 Å². The zero-order chi connectivity index (χ0) is 11.5. The van der Waals surface area contributed by atoms with Crippen LogP contribution in [0.25, 0.3) is 0 Å². The second-order valence-electron chi connectivity index (χ2n) is 3.45. The van der Waals surface area contributed by atoms with E-state index in [2.05, 4.69) is 20.7 Å². The first-order valence-corrected chi connectivity index (χ1v) is 7.02. The van der Waals surface area contributed by atoms with E-state index in [0.717, 1.165) is 5.56 Å². The SMILES string of the molecule is Cc1cccc(S(=O)(=O)NCC(C)Br)c1. The number of rotatable bonds is 4. The van der Waals surface area contributed by atoms with E-state index in [-0.39, 0.29) is 4.83 Å². The Morgan fingerprint density at radius 3 is 2.67 bits per heavy atom. The van der Waals surface area contributed by atoms with Crippen LogP contribution < -0.4 is 4.72 Å². The summed E-state index contributed by atoms with van der Waals surface area (Å²) in [6.45, 7) is 4.14. The summed E-state index contributed by atoms with van der Waals surface area (Å²) in [7, 11) is -3.36. The van der Waals surface area contributed by atoms with E-state index in [0.29, 0.717) is 11.4 Å².